The molecule has 1 saturated carbocycles. The molecule has 17 heavy (non-hydrogen) atoms. The van der Waals surface area contributed by atoms with Gasteiger partial charge in [-0.2, -0.15) is 0 Å². The molecule has 0 saturated heterocycles. The van der Waals surface area contributed by atoms with Crippen molar-refractivity contribution < 1.29 is 5.11 Å². The van der Waals surface area contributed by atoms with E-state index in [-0.39, 0.29) is 0 Å². The lowest BCUT2D eigenvalue weighted by atomic mass is 9.89. The minimum Gasteiger partial charge on any atom is -0.396 e. The molecule has 2 rings (SSSR count). The molecule has 0 spiro atoms. The highest BCUT2D eigenvalue weighted by atomic mass is 79.9. The Kier molecular flexibility index (Phi) is 5.05. The molecular formula is C15H21BrO. The molecule has 0 aliphatic heterocycles. The fraction of sp³-hybridized carbons (Fsp3) is 0.600. The Bertz CT molecular complexity index is 345. The van der Waals surface area contributed by atoms with Crippen LogP contribution in [0.3, 0.4) is 0 Å². The van der Waals surface area contributed by atoms with Crippen LogP contribution < -0.4 is 0 Å². The zero-order chi connectivity index (χ0) is 12.1. The molecule has 1 N–H and O–H groups in total. The van der Waals surface area contributed by atoms with Gasteiger partial charge in [0.05, 0.1) is 0 Å². The molecule has 1 aliphatic rings. The molecule has 1 atom stereocenters. The van der Waals surface area contributed by atoms with Crippen LogP contribution in [0.15, 0.2) is 28.7 Å². The molecule has 0 aromatic heterocycles. The third-order valence-electron chi connectivity index (χ3n) is 3.81. The Labute approximate surface area is 112 Å². The summed E-state index contributed by atoms with van der Waals surface area (Å²) in [7, 11) is 0. The second-order valence-electron chi connectivity index (χ2n) is 5.27. The van der Waals surface area contributed by atoms with Crippen molar-refractivity contribution in [1.29, 1.82) is 0 Å². The van der Waals surface area contributed by atoms with Crippen LogP contribution in [0.2, 0.25) is 0 Å². The van der Waals surface area contributed by atoms with Gasteiger partial charge in [-0.15, -0.1) is 0 Å². The third kappa shape index (κ3) is 4.11. The predicted octanol–water partition coefficient (Wildman–Crippen LogP) is 4.18. The van der Waals surface area contributed by atoms with E-state index in [0.717, 1.165) is 16.8 Å². The highest BCUT2D eigenvalue weighted by Crippen LogP contribution is 2.31. The van der Waals surface area contributed by atoms with Crippen molar-refractivity contribution in [3.63, 3.8) is 0 Å². The van der Waals surface area contributed by atoms with Gasteiger partial charge >= 0.3 is 0 Å². The lowest BCUT2D eigenvalue weighted by molar-refractivity contribution is 0.200. The van der Waals surface area contributed by atoms with Gasteiger partial charge in [0.1, 0.15) is 0 Å². The van der Waals surface area contributed by atoms with Crippen LogP contribution in [-0.4, -0.2) is 11.7 Å². The van der Waals surface area contributed by atoms with Crippen LogP contribution in [-0.2, 0) is 6.42 Å². The Morgan fingerprint density at radius 3 is 2.71 bits per heavy atom. The number of aliphatic hydroxyl groups is 1. The van der Waals surface area contributed by atoms with Crippen LogP contribution >= 0.6 is 15.9 Å². The maximum atomic E-state index is 9.51. The number of rotatable bonds is 5. The van der Waals surface area contributed by atoms with E-state index < -0.39 is 0 Å². The Morgan fingerprint density at radius 1 is 1.29 bits per heavy atom. The molecular weight excluding hydrogens is 276 g/mol. The van der Waals surface area contributed by atoms with Gasteiger partial charge in [0.25, 0.3) is 0 Å². The summed E-state index contributed by atoms with van der Waals surface area (Å²) in [5.74, 6) is 1.30. The number of halogens is 1. The van der Waals surface area contributed by atoms with Gasteiger partial charge in [-0.25, -0.2) is 0 Å². The van der Waals surface area contributed by atoms with E-state index in [1.54, 1.807) is 0 Å². The van der Waals surface area contributed by atoms with Crippen molar-refractivity contribution in [2.75, 3.05) is 6.61 Å². The van der Waals surface area contributed by atoms with Crippen LogP contribution in [0.5, 0.6) is 0 Å². The first-order valence-electron chi connectivity index (χ1n) is 6.63. The lowest BCUT2D eigenvalue weighted by Gasteiger charge is -2.18. The second-order valence-corrected chi connectivity index (χ2v) is 6.18. The first-order valence-corrected chi connectivity index (χ1v) is 7.42. The Hall–Kier alpha value is -0.340. The molecule has 1 unspecified atom stereocenters. The first kappa shape index (κ1) is 13.1. The Morgan fingerprint density at radius 2 is 2.06 bits per heavy atom. The van der Waals surface area contributed by atoms with E-state index in [9.17, 15) is 5.11 Å². The standard InChI is InChI=1S/C15H21BrO/c16-15-7-3-6-13(10-15)9-14(11-17)8-12-4-1-2-5-12/h3,6-7,10,12,14,17H,1-2,4-5,8-9,11H2. The van der Waals surface area contributed by atoms with E-state index in [1.165, 1.54) is 37.7 Å². The number of hydrogen-bond donors (Lipinski definition) is 1. The molecule has 1 aromatic rings. The zero-order valence-corrected chi connectivity index (χ0v) is 11.8. The van der Waals surface area contributed by atoms with Crippen LogP contribution in [0.25, 0.3) is 0 Å². The maximum absolute atomic E-state index is 9.51. The molecule has 0 heterocycles. The summed E-state index contributed by atoms with van der Waals surface area (Å²) >= 11 is 3.50. The van der Waals surface area contributed by atoms with E-state index in [4.69, 9.17) is 0 Å². The third-order valence-corrected chi connectivity index (χ3v) is 4.31. The lowest BCUT2D eigenvalue weighted by Crippen LogP contribution is -2.13. The number of hydrogen-bond acceptors (Lipinski definition) is 1. The van der Waals surface area contributed by atoms with Crippen LogP contribution in [0.4, 0.5) is 0 Å². The summed E-state index contributed by atoms with van der Waals surface area (Å²) in [5, 5.41) is 9.51. The van der Waals surface area contributed by atoms with Gasteiger partial charge in [-0.3, -0.25) is 0 Å². The van der Waals surface area contributed by atoms with Gasteiger partial charge in [0.2, 0.25) is 0 Å². The normalized spacial score (nSPS) is 18.5. The molecule has 0 amide bonds. The monoisotopic (exact) mass is 296 g/mol. The first-order chi connectivity index (χ1) is 8.28. The van der Waals surface area contributed by atoms with Gasteiger partial charge < -0.3 is 5.11 Å². The van der Waals surface area contributed by atoms with Gasteiger partial charge in [0, 0.05) is 11.1 Å². The predicted molar refractivity (Wildman–Crippen MR) is 75.0 cm³/mol. The maximum Gasteiger partial charge on any atom is 0.0462 e. The average molecular weight is 297 g/mol. The Balaban J connectivity index is 1.90. The number of aliphatic hydroxyl groups excluding tert-OH is 1. The summed E-state index contributed by atoms with van der Waals surface area (Å²) in [6, 6.07) is 8.44. The summed E-state index contributed by atoms with van der Waals surface area (Å²) < 4.78 is 1.13. The van der Waals surface area contributed by atoms with Crippen molar-refractivity contribution in [2.24, 2.45) is 11.8 Å². The highest BCUT2D eigenvalue weighted by Gasteiger charge is 2.20. The van der Waals surface area contributed by atoms with Crippen LogP contribution in [0, 0.1) is 11.8 Å². The van der Waals surface area contributed by atoms with E-state index in [2.05, 4.69) is 40.2 Å². The smallest absolute Gasteiger partial charge is 0.0462 e. The van der Waals surface area contributed by atoms with Crippen molar-refractivity contribution >= 4 is 15.9 Å². The zero-order valence-electron chi connectivity index (χ0n) is 10.2. The van der Waals surface area contributed by atoms with E-state index in [1.807, 2.05) is 0 Å². The average Bonchev–Trinajstić information content (AvgIpc) is 2.81. The molecule has 94 valence electrons. The summed E-state index contributed by atoms with van der Waals surface area (Å²) in [4.78, 5) is 0. The number of benzene rings is 1. The molecule has 1 aromatic carbocycles. The minimum absolute atomic E-state index is 0.322. The molecule has 1 aliphatic carbocycles. The molecule has 1 fully saturated rings. The van der Waals surface area contributed by atoms with Gasteiger partial charge in [-0.05, 0) is 42.4 Å². The summed E-state index contributed by atoms with van der Waals surface area (Å²) in [5.41, 5.74) is 1.33. The molecule has 1 nitrogen and oxygen atoms in total. The van der Waals surface area contributed by atoms with E-state index in [0.29, 0.717) is 12.5 Å². The quantitative estimate of drug-likeness (QED) is 0.864. The van der Waals surface area contributed by atoms with Crippen molar-refractivity contribution in [2.45, 2.75) is 38.5 Å². The minimum atomic E-state index is 0.322. The van der Waals surface area contributed by atoms with E-state index >= 15 is 0 Å². The van der Waals surface area contributed by atoms with Crippen molar-refractivity contribution in [1.82, 2.24) is 0 Å². The van der Waals surface area contributed by atoms with Crippen molar-refractivity contribution in [3.05, 3.63) is 34.3 Å². The topological polar surface area (TPSA) is 20.2 Å². The van der Waals surface area contributed by atoms with Crippen LogP contribution in [0.1, 0.15) is 37.7 Å². The van der Waals surface area contributed by atoms with Gasteiger partial charge in [-0.1, -0.05) is 53.7 Å². The SMILES string of the molecule is OCC(Cc1cccc(Br)c1)CC1CCCC1. The van der Waals surface area contributed by atoms with Gasteiger partial charge in [0.15, 0.2) is 0 Å². The fourth-order valence-electron chi connectivity index (χ4n) is 2.94. The highest BCUT2D eigenvalue weighted by molar-refractivity contribution is 9.10. The largest absolute Gasteiger partial charge is 0.396 e. The van der Waals surface area contributed by atoms with Crippen molar-refractivity contribution in [3.8, 4) is 0 Å². The second kappa shape index (κ2) is 6.55. The summed E-state index contributed by atoms with van der Waals surface area (Å²) in [6.07, 6.45) is 7.72. The molecule has 0 bridgehead atoms. The molecule has 0 radical (unpaired) electrons. The fourth-order valence-corrected chi connectivity index (χ4v) is 3.38. The summed E-state index contributed by atoms with van der Waals surface area (Å²) in [6.45, 7) is 0.322. The molecule has 2 heteroatoms.